The molecular formula is C15H20. The van der Waals surface area contributed by atoms with E-state index in [1.807, 2.05) is 0 Å². The fourth-order valence-corrected chi connectivity index (χ4v) is 2.76. The minimum absolute atomic E-state index is 0.601. The van der Waals surface area contributed by atoms with Crippen LogP contribution >= 0.6 is 0 Å². The van der Waals surface area contributed by atoms with Crippen LogP contribution < -0.4 is 0 Å². The summed E-state index contributed by atoms with van der Waals surface area (Å²) in [6, 6.07) is 0. The second-order valence-corrected chi connectivity index (χ2v) is 4.68. The topological polar surface area (TPSA) is 0 Å². The average molecular weight is 200 g/mol. The molecule has 0 aromatic carbocycles. The minimum Gasteiger partial charge on any atom is -0.0770 e. The van der Waals surface area contributed by atoms with Gasteiger partial charge in [-0.1, -0.05) is 45.1 Å². The lowest BCUT2D eigenvalue weighted by Crippen LogP contribution is -2.04. The number of rotatable bonds is 2. The summed E-state index contributed by atoms with van der Waals surface area (Å²) in [6.07, 6.45) is 10.4. The second kappa shape index (κ2) is 3.84. The third-order valence-corrected chi connectivity index (χ3v) is 3.57. The van der Waals surface area contributed by atoms with E-state index < -0.39 is 0 Å². The Morgan fingerprint density at radius 1 is 1.00 bits per heavy atom. The average Bonchev–Trinajstić information content (AvgIpc) is 2.71. The summed E-state index contributed by atoms with van der Waals surface area (Å²) in [5.74, 6) is 1.20. The molecule has 0 aromatic heterocycles. The Morgan fingerprint density at radius 2 is 1.60 bits per heavy atom. The summed E-state index contributed by atoms with van der Waals surface area (Å²) in [5.41, 5.74) is 6.16. The van der Waals surface area contributed by atoms with Crippen molar-refractivity contribution in [3.8, 4) is 0 Å². The van der Waals surface area contributed by atoms with Gasteiger partial charge in [0.25, 0.3) is 0 Å². The molecule has 0 N–H and O–H groups in total. The highest BCUT2D eigenvalue weighted by Gasteiger charge is 2.25. The number of allylic oxidation sites excluding steroid dienone is 8. The summed E-state index contributed by atoms with van der Waals surface area (Å²) >= 11 is 0. The smallest absolute Gasteiger partial charge is 0.000144 e. The molecule has 15 heavy (non-hydrogen) atoms. The van der Waals surface area contributed by atoms with Crippen LogP contribution in [-0.2, 0) is 0 Å². The Bertz CT molecular complexity index is 388. The van der Waals surface area contributed by atoms with Crippen molar-refractivity contribution in [1.82, 2.24) is 0 Å². The van der Waals surface area contributed by atoms with Crippen LogP contribution in [0.15, 0.2) is 46.6 Å². The monoisotopic (exact) mass is 200 g/mol. The van der Waals surface area contributed by atoms with Crippen molar-refractivity contribution in [1.29, 1.82) is 0 Å². The highest BCUT2D eigenvalue weighted by atomic mass is 14.3. The lowest BCUT2D eigenvalue weighted by molar-refractivity contribution is 0.797. The van der Waals surface area contributed by atoms with Crippen LogP contribution in [0.4, 0.5) is 0 Å². The van der Waals surface area contributed by atoms with Gasteiger partial charge in [-0.05, 0) is 47.5 Å². The Kier molecular flexibility index (Phi) is 2.68. The molecule has 0 radical (unpaired) electrons. The Labute approximate surface area is 93.1 Å². The van der Waals surface area contributed by atoms with Crippen LogP contribution in [0.5, 0.6) is 0 Å². The van der Waals surface area contributed by atoms with E-state index in [9.17, 15) is 0 Å². The molecule has 0 heterocycles. The first kappa shape index (κ1) is 10.5. The van der Waals surface area contributed by atoms with E-state index in [0.717, 1.165) is 6.42 Å². The largest absolute Gasteiger partial charge is 0.0770 e. The molecule has 0 heteroatoms. The minimum atomic E-state index is 0.601. The first-order valence-corrected chi connectivity index (χ1v) is 5.95. The molecule has 2 unspecified atom stereocenters. The fourth-order valence-electron chi connectivity index (χ4n) is 2.76. The van der Waals surface area contributed by atoms with E-state index in [0.29, 0.717) is 11.8 Å². The predicted molar refractivity (Wildman–Crippen MR) is 66.6 cm³/mol. The normalized spacial score (nSPS) is 29.9. The van der Waals surface area contributed by atoms with Crippen LogP contribution in [0.25, 0.3) is 0 Å². The first-order chi connectivity index (χ1) is 7.15. The number of hydrogen-bond donors (Lipinski definition) is 0. The highest BCUT2D eigenvalue weighted by molar-refractivity contribution is 5.55. The van der Waals surface area contributed by atoms with E-state index >= 15 is 0 Å². The maximum absolute atomic E-state index is 2.33. The molecule has 0 bridgehead atoms. The lowest BCUT2D eigenvalue weighted by Gasteiger charge is -2.18. The van der Waals surface area contributed by atoms with Crippen molar-refractivity contribution < 1.29 is 0 Å². The van der Waals surface area contributed by atoms with Crippen molar-refractivity contribution in [3.05, 3.63) is 46.6 Å². The van der Waals surface area contributed by atoms with Crippen molar-refractivity contribution in [2.24, 2.45) is 11.8 Å². The van der Waals surface area contributed by atoms with E-state index in [1.165, 1.54) is 11.1 Å². The van der Waals surface area contributed by atoms with Crippen molar-refractivity contribution >= 4 is 0 Å². The molecular weight excluding hydrogens is 180 g/mol. The Hall–Kier alpha value is -1.04. The van der Waals surface area contributed by atoms with Gasteiger partial charge in [-0.3, -0.25) is 0 Å². The molecule has 0 saturated heterocycles. The standard InChI is InChI=1S/C15H20/c1-5-13-9-8-12(4)15(13)14-10(2)6-7-11(14)3/h6-10,12H,5H2,1-4H3. The SMILES string of the molecule is CCC1=C(C2=C(C)C=CC2C)C(C)C=C1. The molecule has 0 spiro atoms. The van der Waals surface area contributed by atoms with Gasteiger partial charge < -0.3 is 0 Å². The molecule has 2 rings (SSSR count). The van der Waals surface area contributed by atoms with Crippen LogP contribution in [-0.4, -0.2) is 0 Å². The molecule has 2 atom stereocenters. The van der Waals surface area contributed by atoms with Crippen LogP contribution in [0.2, 0.25) is 0 Å². The van der Waals surface area contributed by atoms with Gasteiger partial charge in [-0.25, -0.2) is 0 Å². The zero-order valence-corrected chi connectivity index (χ0v) is 10.2. The van der Waals surface area contributed by atoms with Gasteiger partial charge >= 0.3 is 0 Å². The summed E-state index contributed by atoms with van der Waals surface area (Å²) < 4.78 is 0. The van der Waals surface area contributed by atoms with Gasteiger partial charge in [-0.2, -0.15) is 0 Å². The second-order valence-electron chi connectivity index (χ2n) is 4.68. The van der Waals surface area contributed by atoms with E-state index in [1.54, 1.807) is 11.1 Å². The Balaban J connectivity index is 2.44. The molecule has 0 aliphatic heterocycles. The van der Waals surface area contributed by atoms with Gasteiger partial charge in [-0.15, -0.1) is 0 Å². The molecule has 2 aliphatic rings. The van der Waals surface area contributed by atoms with E-state index in [2.05, 4.69) is 52.0 Å². The third-order valence-electron chi connectivity index (χ3n) is 3.57. The summed E-state index contributed by atoms with van der Waals surface area (Å²) in [7, 11) is 0. The van der Waals surface area contributed by atoms with Gasteiger partial charge in [0, 0.05) is 0 Å². The van der Waals surface area contributed by atoms with Crippen LogP contribution in [0.3, 0.4) is 0 Å². The molecule has 0 amide bonds. The van der Waals surface area contributed by atoms with E-state index in [4.69, 9.17) is 0 Å². The molecule has 0 fully saturated rings. The third kappa shape index (κ3) is 1.62. The maximum Gasteiger partial charge on any atom is -0.000144 e. The van der Waals surface area contributed by atoms with Crippen molar-refractivity contribution in [3.63, 3.8) is 0 Å². The first-order valence-electron chi connectivity index (χ1n) is 5.95. The number of hydrogen-bond acceptors (Lipinski definition) is 0. The quantitative estimate of drug-likeness (QED) is 0.619. The van der Waals surface area contributed by atoms with Crippen LogP contribution in [0.1, 0.15) is 34.1 Å². The maximum atomic E-state index is 2.33. The summed E-state index contributed by atoms with van der Waals surface area (Å²) in [6.45, 7) is 9.09. The van der Waals surface area contributed by atoms with Crippen LogP contribution in [0, 0.1) is 11.8 Å². The highest BCUT2D eigenvalue weighted by Crippen LogP contribution is 2.40. The van der Waals surface area contributed by atoms with Gasteiger partial charge in [0.15, 0.2) is 0 Å². The zero-order chi connectivity index (χ0) is 11.0. The summed E-state index contributed by atoms with van der Waals surface area (Å²) in [5, 5.41) is 0. The van der Waals surface area contributed by atoms with Gasteiger partial charge in [0.2, 0.25) is 0 Å². The fraction of sp³-hybridized carbons (Fsp3) is 0.467. The predicted octanol–water partition coefficient (Wildman–Crippen LogP) is 4.42. The molecule has 0 saturated carbocycles. The Morgan fingerprint density at radius 3 is 2.13 bits per heavy atom. The molecule has 2 aliphatic carbocycles. The molecule has 0 nitrogen and oxygen atoms in total. The van der Waals surface area contributed by atoms with E-state index in [-0.39, 0.29) is 0 Å². The molecule has 0 aromatic rings. The van der Waals surface area contributed by atoms with Gasteiger partial charge in [0.1, 0.15) is 0 Å². The summed E-state index contributed by atoms with van der Waals surface area (Å²) in [4.78, 5) is 0. The molecule has 80 valence electrons. The van der Waals surface area contributed by atoms with Crippen molar-refractivity contribution in [2.75, 3.05) is 0 Å². The lowest BCUT2D eigenvalue weighted by atomic mass is 9.86. The van der Waals surface area contributed by atoms with Crippen molar-refractivity contribution in [2.45, 2.75) is 34.1 Å². The van der Waals surface area contributed by atoms with Gasteiger partial charge in [0.05, 0.1) is 0 Å². The zero-order valence-electron chi connectivity index (χ0n) is 10.2.